The van der Waals surface area contributed by atoms with Crippen molar-refractivity contribution in [2.75, 3.05) is 6.61 Å². The highest BCUT2D eigenvalue weighted by molar-refractivity contribution is 5.91. The Kier molecular flexibility index (Phi) is 6.19. The molecule has 0 spiro atoms. The third kappa shape index (κ3) is 4.12. The summed E-state index contributed by atoms with van der Waals surface area (Å²) < 4.78 is 5.23. The van der Waals surface area contributed by atoms with Crippen LogP contribution in [0.25, 0.3) is 0 Å². The fourth-order valence-electron chi connectivity index (χ4n) is 2.82. The molecule has 0 aromatic heterocycles. The molecule has 2 atom stereocenters. The van der Waals surface area contributed by atoms with Crippen LogP contribution in [0.1, 0.15) is 50.8 Å². The van der Waals surface area contributed by atoms with E-state index in [-0.39, 0.29) is 12.0 Å². The van der Waals surface area contributed by atoms with E-state index in [2.05, 4.69) is 17.6 Å². The van der Waals surface area contributed by atoms with Crippen LogP contribution < -0.4 is 10.6 Å². The molecule has 2 unspecified atom stereocenters. The van der Waals surface area contributed by atoms with Gasteiger partial charge >= 0.3 is 5.97 Å². The van der Waals surface area contributed by atoms with E-state index in [1.807, 2.05) is 31.2 Å². The predicted octanol–water partition coefficient (Wildman–Crippen LogP) is 2.38. The van der Waals surface area contributed by atoms with Gasteiger partial charge < -0.3 is 15.2 Å². The number of carbonyl (C=O) groups excluding carboxylic acids is 1. The number of nitrogens with one attached hydrogen (secondary N) is 2. The Morgan fingerprint density at radius 1 is 1.22 bits per heavy atom. The Morgan fingerprint density at radius 2 is 1.91 bits per heavy atom. The maximum Gasteiger partial charge on any atom is 0.337 e. The highest BCUT2D eigenvalue weighted by Gasteiger charge is 2.33. The Hall–Kier alpha value is -1.85. The third-order valence-electron chi connectivity index (χ3n) is 3.97. The molecule has 1 aliphatic rings. The van der Waals surface area contributed by atoms with Crippen molar-refractivity contribution in [3.63, 3.8) is 0 Å². The van der Waals surface area contributed by atoms with Crippen LogP contribution in [0.5, 0.6) is 0 Å². The van der Waals surface area contributed by atoms with Crippen LogP contribution in [0.15, 0.2) is 35.5 Å². The largest absolute Gasteiger partial charge is 0.463 e. The quantitative estimate of drug-likeness (QED) is 0.703. The maximum absolute atomic E-state index is 12.5. The molecule has 5 heteroatoms. The minimum absolute atomic E-state index is 0.325. The van der Waals surface area contributed by atoms with Gasteiger partial charge in [-0.15, -0.1) is 0 Å². The lowest BCUT2D eigenvalue weighted by Gasteiger charge is -2.33. The number of hydrogen-bond donors (Lipinski definition) is 3. The molecular formula is C18H26N2O3. The van der Waals surface area contributed by atoms with E-state index in [1.165, 1.54) is 5.56 Å². The van der Waals surface area contributed by atoms with E-state index in [1.54, 1.807) is 6.92 Å². The van der Waals surface area contributed by atoms with Crippen molar-refractivity contribution in [1.82, 2.24) is 10.6 Å². The molecule has 126 valence electrons. The summed E-state index contributed by atoms with van der Waals surface area (Å²) in [6.45, 7) is 6.26. The zero-order valence-electron chi connectivity index (χ0n) is 14.1. The molecule has 0 fully saturated rings. The zero-order chi connectivity index (χ0) is 16.8. The lowest BCUT2D eigenvalue weighted by molar-refractivity contribution is -0.139. The zero-order valence-corrected chi connectivity index (χ0v) is 14.1. The Balaban J connectivity index is 2.42. The molecule has 0 aliphatic carbocycles. The van der Waals surface area contributed by atoms with Gasteiger partial charge in [-0.2, -0.15) is 0 Å². The first-order valence-electron chi connectivity index (χ1n) is 8.30. The van der Waals surface area contributed by atoms with Crippen molar-refractivity contribution in [2.45, 2.75) is 52.4 Å². The topological polar surface area (TPSA) is 70.6 Å². The van der Waals surface area contributed by atoms with E-state index in [9.17, 15) is 9.90 Å². The molecule has 5 nitrogen and oxygen atoms in total. The summed E-state index contributed by atoms with van der Waals surface area (Å²) >= 11 is 0. The normalized spacial score (nSPS) is 21.0. The first-order chi connectivity index (χ1) is 11.1. The van der Waals surface area contributed by atoms with Crippen molar-refractivity contribution in [3.05, 3.63) is 46.7 Å². The average molecular weight is 318 g/mol. The summed E-state index contributed by atoms with van der Waals surface area (Å²) in [5, 5.41) is 16.0. The standard InChI is InChI=1S/C18H26N2O3/c1-4-7-14-15(17(21)23-6-3)16(20-18(22)19-14)13-10-8-12(5-2)9-11-13/h8-11,16,18-20,22H,4-7H2,1-3H3. The number of ether oxygens (including phenoxy) is 1. The molecule has 0 saturated heterocycles. The van der Waals surface area contributed by atoms with Crippen LogP contribution in [0.2, 0.25) is 0 Å². The molecule has 1 aromatic carbocycles. The highest BCUT2D eigenvalue weighted by Crippen LogP contribution is 2.30. The van der Waals surface area contributed by atoms with Gasteiger partial charge in [-0.05, 0) is 30.9 Å². The smallest absolute Gasteiger partial charge is 0.337 e. The van der Waals surface area contributed by atoms with Crippen LogP contribution in [0.4, 0.5) is 0 Å². The lowest BCUT2D eigenvalue weighted by Crippen LogP contribution is -2.50. The van der Waals surface area contributed by atoms with Crippen molar-refractivity contribution >= 4 is 5.97 Å². The fourth-order valence-corrected chi connectivity index (χ4v) is 2.82. The van der Waals surface area contributed by atoms with Gasteiger partial charge in [0.1, 0.15) is 0 Å². The Morgan fingerprint density at radius 3 is 2.48 bits per heavy atom. The molecule has 2 rings (SSSR count). The lowest BCUT2D eigenvalue weighted by atomic mass is 9.93. The average Bonchev–Trinajstić information content (AvgIpc) is 2.55. The maximum atomic E-state index is 12.5. The monoisotopic (exact) mass is 318 g/mol. The first-order valence-corrected chi connectivity index (χ1v) is 8.30. The first kappa shape index (κ1) is 17.5. The molecule has 1 heterocycles. The number of aliphatic hydroxyl groups is 1. The second kappa shape index (κ2) is 8.13. The fraction of sp³-hybridized carbons (Fsp3) is 0.500. The highest BCUT2D eigenvalue weighted by atomic mass is 16.5. The summed E-state index contributed by atoms with van der Waals surface area (Å²) in [5.74, 6) is -0.340. The van der Waals surface area contributed by atoms with Gasteiger partial charge in [0.2, 0.25) is 0 Å². The number of benzene rings is 1. The van der Waals surface area contributed by atoms with Crippen LogP contribution in [-0.4, -0.2) is 24.0 Å². The minimum atomic E-state index is -0.884. The van der Waals surface area contributed by atoms with Gasteiger partial charge in [-0.1, -0.05) is 44.5 Å². The van der Waals surface area contributed by atoms with Gasteiger partial charge in [0.15, 0.2) is 6.35 Å². The molecule has 1 aliphatic heterocycles. The molecule has 0 amide bonds. The predicted molar refractivity (Wildman–Crippen MR) is 89.4 cm³/mol. The molecule has 23 heavy (non-hydrogen) atoms. The summed E-state index contributed by atoms with van der Waals surface area (Å²) in [7, 11) is 0. The molecule has 1 aromatic rings. The van der Waals surface area contributed by atoms with E-state index in [0.29, 0.717) is 18.6 Å². The Bertz CT molecular complexity index is 566. The summed E-state index contributed by atoms with van der Waals surface area (Å²) in [4.78, 5) is 12.5. The number of hydrogen-bond acceptors (Lipinski definition) is 5. The van der Waals surface area contributed by atoms with Crippen molar-refractivity contribution in [1.29, 1.82) is 0 Å². The van der Waals surface area contributed by atoms with Gasteiger partial charge in [0.05, 0.1) is 18.2 Å². The van der Waals surface area contributed by atoms with E-state index < -0.39 is 6.35 Å². The summed E-state index contributed by atoms with van der Waals surface area (Å²) in [5.41, 5.74) is 3.49. The van der Waals surface area contributed by atoms with E-state index >= 15 is 0 Å². The summed E-state index contributed by atoms with van der Waals surface area (Å²) in [6.07, 6.45) is 1.64. The van der Waals surface area contributed by atoms with Crippen molar-refractivity contribution in [2.24, 2.45) is 0 Å². The second-order valence-electron chi connectivity index (χ2n) is 5.60. The van der Waals surface area contributed by atoms with Crippen LogP contribution in [0.3, 0.4) is 0 Å². The minimum Gasteiger partial charge on any atom is -0.463 e. The van der Waals surface area contributed by atoms with Crippen LogP contribution in [0, 0.1) is 0 Å². The second-order valence-corrected chi connectivity index (χ2v) is 5.60. The number of rotatable bonds is 6. The number of carbonyl (C=O) groups is 1. The van der Waals surface area contributed by atoms with Crippen LogP contribution >= 0.6 is 0 Å². The molecule has 0 saturated carbocycles. The number of allylic oxidation sites excluding steroid dienone is 1. The van der Waals surface area contributed by atoms with E-state index in [0.717, 1.165) is 24.1 Å². The third-order valence-corrected chi connectivity index (χ3v) is 3.97. The van der Waals surface area contributed by atoms with Gasteiger partial charge in [0.25, 0.3) is 0 Å². The van der Waals surface area contributed by atoms with Gasteiger partial charge in [-0.25, -0.2) is 4.79 Å². The van der Waals surface area contributed by atoms with E-state index in [4.69, 9.17) is 4.74 Å². The van der Waals surface area contributed by atoms with Crippen LogP contribution in [-0.2, 0) is 16.0 Å². The van der Waals surface area contributed by atoms with Crippen molar-refractivity contribution < 1.29 is 14.6 Å². The summed E-state index contributed by atoms with van der Waals surface area (Å²) in [6, 6.07) is 7.72. The van der Waals surface area contributed by atoms with Crippen molar-refractivity contribution in [3.8, 4) is 0 Å². The van der Waals surface area contributed by atoms with Gasteiger partial charge in [0, 0.05) is 5.70 Å². The number of aryl methyl sites for hydroxylation is 1. The molecular weight excluding hydrogens is 292 g/mol. The number of esters is 1. The Labute approximate surface area is 137 Å². The molecule has 0 radical (unpaired) electrons. The molecule has 3 N–H and O–H groups in total. The SMILES string of the molecule is CCCC1=C(C(=O)OCC)C(c2ccc(CC)cc2)NC(O)N1. The number of aliphatic hydroxyl groups excluding tert-OH is 1. The van der Waals surface area contributed by atoms with Gasteiger partial charge in [-0.3, -0.25) is 5.32 Å². The molecule has 0 bridgehead atoms.